The third-order valence-electron chi connectivity index (χ3n) is 5.43. The Morgan fingerprint density at radius 3 is 2.19 bits per heavy atom. The normalized spacial score (nSPS) is 11.1. The van der Waals surface area contributed by atoms with E-state index < -0.39 is 0 Å². The molecule has 164 valence electrons. The average Bonchev–Trinajstić information content (AvgIpc) is 2.73. The van der Waals surface area contributed by atoms with Gasteiger partial charge in [-0.1, -0.05) is 55.8 Å². The Hall–Kier alpha value is -2.52. The summed E-state index contributed by atoms with van der Waals surface area (Å²) in [6.45, 7) is 12.8. The van der Waals surface area contributed by atoms with E-state index in [1.54, 1.807) is 0 Å². The van der Waals surface area contributed by atoms with Crippen LogP contribution in [0.3, 0.4) is 0 Å². The third-order valence-corrected chi connectivity index (χ3v) is 5.73. The van der Waals surface area contributed by atoms with E-state index in [0.717, 1.165) is 41.1 Å². The topological polar surface area (TPSA) is 31.4 Å². The second kappa shape index (κ2) is 10.2. The molecule has 0 unspecified atom stereocenters. The molecule has 1 heterocycles. The number of hydrogen-bond acceptors (Lipinski definition) is 3. The van der Waals surface area contributed by atoms with Gasteiger partial charge in [0.05, 0.1) is 22.4 Å². The summed E-state index contributed by atoms with van der Waals surface area (Å²) in [4.78, 5) is 4.99. The van der Waals surface area contributed by atoms with Gasteiger partial charge in [0, 0.05) is 17.3 Å². The predicted octanol–water partition coefficient (Wildman–Crippen LogP) is 7.51. The molecule has 4 heteroatoms. The Morgan fingerprint density at radius 1 is 0.968 bits per heavy atom. The van der Waals surface area contributed by atoms with Crippen LogP contribution in [0.1, 0.15) is 55.6 Å². The zero-order valence-electron chi connectivity index (χ0n) is 19.4. The highest BCUT2D eigenvalue weighted by Gasteiger charge is 2.18. The van der Waals surface area contributed by atoms with Crippen molar-refractivity contribution >= 4 is 11.6 Å². The minimum absolute atomic E-state index is 0.0440. The molecule has 0 fully saturated rings. The van der Waals surface area contributed by atoms with Gasteiger partial charge in [-0.3, -0.25) is 4.98 Å². The quantitative estimate of drug-likeness (QED) is 0.365. The predicted molar refractivity (Wildman–Crippen MR) is 129 cm³/mol. The molecule has 0 radical (unpaired) electrons. The second-order valence-electron chi connectivity index (χ2n) is 8.07. The molecule has 0 aliphatic rings. The summed E-state index contributed by atoms with van der Waals surface area (Å²) in [7, 11) is 0. The summed E-state index contributed by atoms with van der Waals surface area (Å²) in [5.41, 5.74) is 7.65. The first kappa shape index (κ1) is 23.1. The highest BCUT2D eigenvalue weighted by atomic mass is 35.5. The van der Waals surface area contributed by atoms with Crippen molar-refractivity contribution in [1.82, 2.24) is 4.98 Å². The molecular weight excluding hydrogens is 406 g/mol. The number of hydrogen-bond donors (Lipinski definition) is 0. The molecular formula is C27H32ClNO2. The van der Waals surface area contributed by atoms with E-state index in [1.807, 2.05) is 45.9 Å². The van der Waals surface area contributed by atoms with E-state index in [-0.39, 0.29) is 6.10 Å². The van der Waals surface area contributed by atoms with Crippen molar-refractivity contribution in [3.63, 3.8) is 0 Å². The van der Waals surface area contributed by atoms with E-state index in [2.05, 4.69) is 38.1 Å². The van der Waals surface area contributed by atoms with Crippen LogP contribution in [0.5, 0.6) is 11.5 Å². The molecule has 0 aliphatic carbocycles. The van der Waals surface area contributed by atoms with E-state index in [9.17, 15) is 0 Å². The molecule has 1 aromatic heterocycles. The van der Waals surface area contributed by atoms with Gasteiger partial charge in [0.2, 0.25) is 0 Å². The Balaban J connectivity index is 2.07. The fourth-order valence-corrected chi connectivity index (χ4v) is 4.12. The number of benzene rings is 2. The number of aromatic nitrogens is 1. The van der Waals surface area contributed by atoms with Crippen molar-refractivity contribution < 1.29 is 9.47 Å². The Bertz CT molecular complexity index is 1020. The van der Waals surface area contributed by atoms with Gasteiger partial charge >= 0.3 is 0 Å². The van der Waals surface area contributed by atoms with Crippen LogP contribution in [0, 0.1) is 13.8 Å². The van der Waals surface area contributed by atoms with Gasteiger partial charge < -0.3 is 9.47 Å². The van der Waals surface area contributed by atoms with Crippen molar-refractivity contribution in [3.05, 3.63) is 75.4 Å². The fourth-order valence-electron chi connectivity index (χ4n) is 3.85. The monoisotopic (exact) mass is 437 g/mol. The number of pyridine rings is 1. The minimum Gasteiger partial charge on any atom is -0.490 e. The van der Waals surface area contributed by atoms with Crippen molar-refractivity contribution in [2.45, 2.75) is 67.1 Å². The highest BCUT2D eigenvalue weighted by molar-refractivity contribution is 6.32. The molecule has 2 aromatic carbocycles. The van der Waals surface area contributed by atoms with Crippen LogP contribution in [-0.4, -0.2) is 11.1 Å². The molecule has 31 heavy (non-hydrogen) atoms. The molecule has 0 saturated carbocycles. The summed E-state index contributed by atoms with van der Waals surface area (Å²) in [6.07, 6.45) is 1.96. The van der Waals surface area contributed by atoms with E-state index in [0.29, 0.717) is 17.4 Å². The van der Waals surface area contributed by atoms with Gasteiger partial charge in [-0.15, -0.1) is 0 Å². The van der Waals surface area contributed by atoms with Crippen LogP contribution < -0.4 is 9.47 Å². The zero-order chi connectivity index (χ0) is 22.5. The summed E-state index contributed by atoms with van der Waals surface area (Å²) in [5, 5.41) is 0.609. The maximum Gasteiger partial charge on any atom is 0.141 e. The largest absolute Gasteiger partial charge is 0.490 e. The van der Waals surface area contributed by atoms with Gasteiger partial charge in [-0.25, -0.2) is 0 Å². The van der Waals surface area contributed by atoms with Gasteiger partial charge in [0.25, 0.3) is 0 Å². The summed E-state index contributed by atoms with van der Waals surface area (Å²) >= 11 is 6.36. The van der Waals surface area contributed by atoms with Crippen molar-refractivity contribution in [1.29, 1.82) is 0 Å². The molecule has 0 amide bonds. The lowest BCUT2D eigenvalue weighted by molar-refractivity contribution is 0.229. The standard InChI is InChI=1S/C27H32ClNO2/c1-7-20-12-10-13-21(8-2)26(20)24-15-25(31-17(3)4)22(19(6)29-24)16-30-27-18(5)11-9-14-23(27)28/h9-15,17H,7-8,16H2,1-6H3. The minimum atomic E-state index is 0.0440. The van der Waals surface area contributed by atoms with E-state index >= 15 is 0 Å². The van der Waals surface area contributed by atoms with Crippen LogP contribution in [0.15, 0.2) is 42.5 Å². The van der Waals surface area contributed by atoms with Crippen LogP contribution in [0.25, 0.3) is 11.3 Å². The van der Waals surface area contributed by atoms with Crippen LogP contribution in [0.2, 0.25) is 5.02 Å². The lowest BCUT2D eigenvalue weighted by atomic mass is 9.94. The third kappa shape index (κ3) is 5.22. The number of halogens is 1. The molecule has 3 rings (SSSR count). The van der Waals surface area contributed by atoms with Gasteiger partial charge in [0.15, 0.2) is 0 Å². The average molecular weight is 438 g/mol. The van der Waals surface area contributed by atoms with Crippen molar-refractivity contribution in [2.75, 3.05) is 0 Å². The molecule has 0 atom stereocenters. The molecule has 3 aromatic rings. The van der Waals surface area contributed by atoms with Crippen LogP contribution in [-0.2, 0) is 19.4 Å². The van der Waals surface area contributed by atoms with Crippen molar-refractivity contribution in [2.24, 2.45) is 0 Å². The summed E-state index contributed by atoms with van der Waals surface area (Å²) in [6, 6.07) is 14.3. The first-order valence-electron chi connectivity index (χ1n) is 11.0. The zero-order valence-corrected chi connectivity index (χ0v) is 20.1. The van der Waals surface area contributed by atoms with Gasteiger partial charge in [0.1, 0.15) is 18.1 Å². The Kier molecular flexibility index (Phi) is 7.61. The molecule has 0 N–H and O–H groups in total. The van der Waals surface area contributed by atoms with Crippen molar-refractivity contribution in [3.8, 4) is 22.8 Å². The first-order valence-corrected chi connectivity index (χ1v) is 11.4. The van der Waals surface area contributed by atoms with Crippen LogP contribution in [0.4, 0.5) is 0 Å². The maximum atomic E-state index is 6.36. The molecule has 0 bridgehead atoms. The first-order chi connectivity index (χ1) is 14.8. The molecule has 0 aliphatic heterocycles. The smallest absolute Gasteiger partial charge is 0.141 e. The van der Waals surface area contributed by atoms with Crippen LogP contribution >= 0.6 is 11.6 Å². The molecule has 3 nitrogen and oxygen atoms in total. The lowest BCUT2D eigenvalue weighted by Gasteiger charge is -2.20. The SMILES string of the molecule is CCc1cccc(CC)c1-c1cc(OC(C)C)c(COc2c(C)cccc2Cl)c(C)n1. The van der Waals surface area contributed by atoms with E-state index in [4.69, 9.17) is 26.1 Å². The van der Waals surface area contributed by atoms with Gasteiger partial charge in [-0.05, 0) is 63.3 Å². The second-order valence-corrected chi connectivity index (χ2v) is 8.48. The highest BCUT2D eigenvalue weighted by Crippen LogP contribution is 2.35. The summed E-state index contributed by atoms with van der Waals surface area (Å²) < 4.78 is 12.4. The Labute approximate surface area is 191 Å². The Morgan fingerprint density at radius 2 is 1.61 bits per heavy atom. The molecule has 0 spiro atoms. The lowest BCUT2D eigenvalue weighted by Crippen LogP contribution is -2.12. The molecule has 0 saturated heterocycles. The maximum absolute atomic E-state index is 6.36. The number of rotatable bonds is 8. The fraction of sp³-hybridized carbons (Fsp3) is 0.370. The number of ether oxygens (including phenoxy) is 2. The summed E-state index contributed by atoms with van der Waals surface area (Å²) in [5.74, 6) is 1.52. The van der Waals surface area contributed by atoms with E-state index in [1.165, 1.54) is 16.7 Å². The number of aryl methyl sites for hydroxylation is 4. The number of para-hydroxylation sites is 1. The van der Waals surface area contributed by atoms with Gasteiger partial charge in [-0.2, -0.15) is 0 Å². The number of nitrogens with zero attached hydrogens (tertiary/aromatic N) is 1.